The van der Waals surface area contributed by atoms with Crippen LogP contribution in [0, 0.1) is 13.8 Å². The second-order valence-electron chi connectivity index (χ2n) is 8.19. The maximum absolute atomic E-state index is 12.5. The number of benzene rings is 3. The number of phenolic OH excluding ortho intramolecular Hbond substituents is 1. The third-order valence-corrected chi connectivity index (χ3v) is 6.71. The minimum absolute atomic E-state index is 0.0602. The first-order chi connectivity index (χ1) is 15.8. The number of fused-ring (bicyclic) bond motifs is 3. The Labute approximate surface area is 196 Å². The molecule has 0 fully saturated rings. The number of ether oxygens (including phenoxy) is 1. The second-order valence-corrected chi connectivity index (χ2v) is 8.57. The molecule has 1 amide bonds. The zero-order valence-corrected chi connectivity index (χ0v) is 19.0. The average Bonchev–Trinajstić information content (AvgIpc) is 3.12. The second kappa shape index (κ2) is 9.16. The molecule has 33 heavy (non-hydrogen) atoms. The molecule has 1 unspecified atom stereocenters. The van der Waals surface area contributed by atoms with E-state index in [2.05, 4.69) is 5.32 Å². The van der Waals surface area contributed by atoms with E-state index in [-0.39, 0.29) is 24.7 Å². The first-order valence-electron chi connectivity index (χ1n) is 10.6. The first kappa shape index (κ1) is 22.7. The molecule has 3 N–H and O–H groups in total. The van der Waals surface area contributed by atoms with E-state index in [1.165, 1.54) is 6.07 Å². The number of hydrogen-bond donors (Lipinski definition) is 3. The SMILES string of the molecule is Cc1cc(O)c(CC(NC(=O)OCC2c3ccccc3-c3ccccc32)C(=O)O)c(C)c1Cl. The quantitative estimate of drug-likeness (QED) is 0.465. The van der Waals surface area contributed by atoms with Crippen molar-refractivity contribution >= 4 is 23.7 Å². The van der Waals surface area contributed by atoms with Gasteiger partial charge in [0.15, 0.2) is 0 Å². The number of aromatic hydroxyl groups is 1. The lowest BCUT2D eigenvalue weighted by atomic mass is 9.97. The molecule has 4 rings (SSSR count). The Morgan fingerprint density at radius 2 is 1.64 bits per heavy atom. The lowest BCUT2D eigenvalue weighted by Crippen LogP contribution is -2.43. The fraction of sp³-hybridized carbons (Fsp3) is 0.231. The largest absolute Gasteiger partial charge is 0.508 e. The van der Waals surface area contributed by atoms with Crippen LogP contribution in [0.1, 0.15) is 33.7 Å². The zero-order chi connectivity index (χ0) is 23.7. The number of rotatable bonds is 6. The number of carbonyl (C=O) groups excluding carboxylic acids is 1. The molecule has 0 saturated carbocycles. The van der Waals surface area contributed by atoms with Gasteiger partial charge >= 0.3 is 12.1 Å². The topological polar surface area (TPSA) is 95.9 Å². The summed E-state index contributed by atoms with van der Waals surface area (Å²) in [5, 5.41) is 22.8. The van der Waals surface area contributed by atoms with Gasteiger partial charge in [-0.3, -0.25) is 0 Å². The van der Waals surface area contributed by atoms with Crippen LogP contribution in [0.25, 0.3) is 11.1 Å². The molecule has 0 saturated heterocycles. The minimum atomic E-state index is -1.29. The van der Waals surface area contributed by atoms with Gasteiger partial charge in [0, 0.05) is 22.9 Å². The van der Waals surface area contributed by atoms with Crippen LogP contribution in [0.2, 0.25) is 5.02 Å². The standard InChI is InChI=1S/C26H24ClNO5/c1-14-11-23(29)20(15(2)24(14)27)12-22(25(30)31)28-26(32)33-13-21-18-9-5-3-7-16(18)17-8-4-6-10-19(17)21/h3-11,21-22,29H,12-13H2,1-2H3,(H,28,32)(H,30,31). The highest BCUT2D eigenvalue weighted by Crippen LogP contribution is 2.44. The van der Waals surface area contributed by atoms with Crippen molar-refractivity contribution in [2.45, 2.75) is 32.2 Å². The molecule has 0 heterocycles. The van der Waals surface area contributed by atoms with Crippen LogP contribution >= 0.6 is 11.6 Å². The van der Waals surface area contributed by atoms with Crippen molar-refractivity contribution < 1.29 is 24.5 Å². The van der Waals surface area contributed by atoms with Gasteiger partial charge in [-0.2, -0.15) is 0 Å². The first-order valence-corrected chi connectivity index (χ1v) is 11.0. The summed E-state index contributed by atoms with van der Waals surface area (Å²) in [5.41, 5.74) is 5.98. The van der Waals surface area contributed by atoms with Crippen LogP contribution in [-0.2, 0) is 16.0 Å². The number of carboxylic acid groups (broad SMARTS) is 1. The smallest absolute Gasteiger partial charge is 0.407 e. The lowest BCUT2D eigenvalue weighted by Gasteiger charge is -2.19. The number of phenols is 1. The normalized spacial score (nSPS) is 13.2. The Hall–Kier alpha value is -3.51. The van der Waals surface area contributed by atoms with Crippen molar-refractivity contribution in [3.63, 3.8) is 0 Å². The number of nitrogens with one attached hydrogen (secondary N) is 1. The van der Waals surface area contributed by atoms with Crippen LogP contribution in [0.4, 0.5) is 4.79 Å². The Morgan fingerprint density at radius 3 is 2.21 bits per heavy atom. The van der Waals surface area contributed by atoms with Gasteiger partial charge < -0.3 is 20.3 Å². The van der Waals surface area contributed by atoms with Gasteiger partial charge in [-0.05, 0) is 53.3 Å². The molecular formula is C26H24ClNO5. The van der Waals surface area contributed by atoms with Crippen LogP contribution in [0.5, 0.6) is 5.75 Å². The third-order valence-electron chi connectivity index (χ3n) is 6.13. The summed E-state index contributed by atoms with van der Waals surface area (Å²) >= 11 is 6.26. The van der Waals surface area contributed by atoms with Gasteiger partial charge in [0.1, 0.15) is 18.4 Å². The van der Waals surface area contributed by atoms with E-state index in [4.69, 9.17) is 16.3 Å². The number of alkyl carbamates (subject to hydrolysis) is 1. The van der Waals surface area contributed by atoms with Crippen LogP contribution < -0.4 is 5.32 Å². The molecule has 0 bridgehead atoms. The average molecular weight is 466 g/mol. The summed E-state index contributed by atoms with van der Waals surface area (Å²) in [6, 6.07) is 16.1. The number of halogens is 1. The molecule has 0 spiro atoms. The van der Waals surface area contributed by atoms with Crippen molar-refractivity contribution in [2.75, 3.05) is 6.61 Å². The van der Waals surface area contributed by atoms with Crippen LogP contribution in [-0.4, -0.2) is 34.9 Å². The summed E-state index contributed by atoms with van der Waals surface area (Å²) in [6.07, 6.45) is -0.961. The zero-order valence-electron chi connectivity index (χ0n) is 18.3. The fourth-order valence-electron chi connectivity index (χ4n) is 4.42. The van der Waals surface area contributed by atoms with E-state index in [9.17, 15) is 19.8 Å². The van der Waals surface area contributed by atoms with Gasteiger partial charge in [-0.25, -0.2) is 9.59 Å². The number of aliphatic carboxylic acids is 1. The van der Waals surface area contributed by atoms with E-state index in [1.807, 2.05) is 48.5 Å². The maximum Gasteiger partial charge on any atom is 0.407 e. The number of amides is 1. The van der Waals surface area contributed by atoms with Crippen molar-refractivity contribution in [1.82, 2.24) is 5.32 Å². The monoisotopic (exact) mass is 465 g/mol. The summed E-state index contributed by atoms with van der Waals surface area (Å²) < 4.78 is 5.46. The van der Waals surface area contributed by atoms with Gasteiger partial charge in [-0.1, -0.05) is 60.1 Å². The van der Waals surface area contributed by atoms with Crippen molar-refractivity contribution in [1.29, 1.82) is 0 Å². The lowest BCUT2D eigenvalue weighted by molar-refractivity contribution is -0.139. The predicted octanol–water partition coefficient (Wildman–Crippen LogP) is 5.20. The molecule has 6 nitrogen and oxygen atoms in total. The van der Waals surface area contributed by atoms with Crippen molar-refractivity contribution in [3.8, 4) is 16.9 Å². The Morgan fingerprint density at radius 1 is 1.06 bits per heavy atom. The number of hydrogen-bond acceptors (Lipinski definition) is 4. The van der Waals surface area contributed by atoms with Gasteiger partial charge in [0.05, 0.1) is 0 Å². The van der Waals surface area contributed by atoms with Crippen molar-refractivity contribution in [2.24, 2.45) is 0 Å². The summed E-state index contributed by atoms with van der Waals surface area (Å²) in [4.78, 5) is 24.4. The molecule has 7 heteroatoms. The molecule has 3 aromatic carbocycles. The highest BCUT2D eigenvalue weighted by atomic mass is 35.5. The number of carboxylic acids is 1. The molecule has 1 aliphatic rings. The number of aryl methyl sites for hydroxylation is 1. The molecular weight excluding hydrogens is 442 g/mol. The Balaban J connectivity index is 1.47. The Kier molecular flexibility index (Phi) is 6.29. The molecule has 1 aliphatic carbocycles. The van der Waals surface area contributed by atoms with Gasteiger partial charge in [0.2, 0.25) is 0 Å². The number of carbonyl (C=O) groups is 2. The molecule has 0 radical (unpaired) electrons. The highest BCUT2D eigenvalue weighted by Gasteiger charge is 2.30. The minimum Gasteiger partial charge on any atom is -0.508 e. The highest BCUT2D eigenvalue weighted by molar-refractivity contribution is 6.32. The van der Waals surface area contributed by atoms with E-state index in [0.717, 1.165) is 22.3 Å². The molecule has 170 valence electrons. The third kappa shape index (κ3) is 4.39. The van der Waals surface area contributed by atoms with E-state index in [1.54, 1.807) is 13.8 Å². The van der Waals surface area contributed by atoms with Gasteiger partial charge in [-0.15, -0.1) is 0 Å². The molecule has 0 aliphatic heterocycles. The van der Waals surface area contributed by atoms with E-state index in [0.29, 0.717) is 21.7 Å². The predicted molar refractivity (Wildman–Crippen MR) is 126 cm³/mol. The Bertz CT molecular complexity index is 1190. The maximum atomic E-state index is 12.5. The molecule has 1 atom stereocenters. The van der Waals surface area contributed by atoms with Gasteiger partial charge in [0.25, 0.3) is 0 Å². The van der Waals surface area contributed by atoms with Crippen molar-refractivity contribution in [3.05, 3.63) is 87.4 Å². The summed E-state index contributed by atoms with van der Waals surface area (Å²) in [5.74, 6) is -1.43. The van der Waals surface area contributed by atoms with Crippen LogP contribution in [0.3, 0.4) is 0 Å². The van der Waals surface area contributed by atoms with E-state index < -0.39 is 18.1 Å². The summed E-state index contributed by atoms with van der Waals surface area (Å²) in [7, 11) is 0. The molecule has 3 aromatic rings. The fourth-order valence-corrected chi connectivity index (χ4v) is 4.59. The van der Waals surface area contributed by atoms with Crippen LogP contribution in [0.15, 0.2) is 54.6 Å². The van der Waals surface area contributed by atoms with E-state index >= 15 is 0 Å². The summed E-state index contributed by atoms with van der Waals surface area (Å²) in [6.45, 7) is 3.53. The molecule has 0 aromatic heterocycles.